The third-order valence-electron chi connectivity index (χ3n) is 3.19. The molecule has 0 aliphatic carbocycles. The molecular formula is C15H27N5O. The molecule has 1 aromatic heterocycles. The molecule has 21 heavy (non-hydrogen) atoms. The van der Waals surface area contributed by atoms with Crippen LogP contribution in [0.1, 0.15) is 38.1 Å². The molecule has 0 unspecified atom stereocenters. The van der Waals surface area contributed by atoms with Crippen LogP contribution in [0.2, 0.25) is 0 Å². The summed E-state index contributed by atoms with van der Waals surface area (Å²) in [4.78, 5) is 22.8. The zero-order valence-electron chi connectivity index (χ0n) is 13.8. The van der Waals surface area contributed by atoms with Gasteiger partial charge in [0.05, 0.1) is 6.54 Å². The lowest BCUT2D eigenvalue weighted by atomic mass is 10.2. The zero-order chi connectivity index (χ0) is 15.8. The van der Waals surface area contributed by atoms with Crippen molar-refractivity contribution in [1.29, 1.82) is 0 Å². The Morgan fingerprint density at radius 2 is 1.95 bits per heavy atom. The van der Waals surface area contributed by atoms with Crippen LogP contribution in [0, 0.1) is 6.92 Å². The number of amides is 1. The number of rotatable bonds is 8. The fraction of sp³-hybridized carbons (Fsp3) is 0.667. The van der Waals surface area contributed by atoms with Crippen LogP contribution < -0.4 is 15.5 Å². The highest BCUT2D eigenvalue weighted by Crippen LogP contribution is 2.22. The van der Waals surface area contributed by atoms with Crippen molar-refractivity contribution in [3.63, 3.8) is 0 Å². The summed E-state index contributed by atoms with van der Waals surface area (Å²) in [6, 6.07) is 0. The summed E-state index contributed by atoms with van der Waals surface area (Å²) in [5, 5.41) is 5.98. The van der Waals surface area contributed by atoms with E-state index in [1.54, 1.807) is 0 Å². The quantitative estimate of drug-likeness (QED) is 0.764. The lowest BCUT2D eigenvalue weighted by Crippen LogP contribution is -2.36. The van der Waals surface area contributed by atoms with E-state index in [0.717, 1.165) is 42.3 Å². The van der Waals surface area contributed by atoms with Gasteiger partial charge in [-0.3, -0.25) is 4.79 Å². The van der Waals surface area contributed by atoms with E-state index < -0.39 is 0 Å². The molecule has 0 saturated carbocycles. The molecule has 0 saturated heterocycles. The lowest BCUT2D eigenvalue weighted by molar-refractivity contribution is -0.119. The van der Waals surface area contributed by atoms with Crippen molar-refractivity contribution >= 4 is 17.5 Å². The van der Waals surface area contributed by atoms with Crippen molar-refractivity contribution in [3.8, 4) is 0 Å². The van der Waals surface area contributed by atoms with Crippen LogP contribution in [0.25, 0.3) is 0 Å². The first kappa shape index (κ1) is 17.2. The van der Waals surface area contributed by atoms with Crippen molar-refractivity contribution in [3.05, 3.63) is 11.4 Å². The first-order chi connectivity index (χ1) is 10.0. The minimum absolute atomic E-state index is 0.0143. The molecule has 0 aliphatic heterocycles. The molecular weight excluding hydrogens is 266 g/mol. The van der Waals surface area contributed by atoms with Gasteiger partial charge in [0.1, 0.15) is 17.5 Å². The Kier molecular flexibility index (Phi) is 6.91. The monoisotopic (exact) mass is 293 g/mol. The molecule has 0 fully saturated rings. The number of likely N-dealkylation sites (N-methyl/N-ethyl adjacent to an activating group) is 1. The number of nitrogens with one attached hydrogen (secondary N) is 2. The summed E-state index contributed by atoms with van der Waals surface area (Å²) in [6.07, 6.45) is 2.76. The molecule has 0 radical (unpaired) electrons. The molecule has 1 aromatic rings. The molecule has 1 rings (SSSR count). The second kappa shape index (κ2) is 8.44. The first-order valence-corrected chi connectivity index (χ1v) is 7.56. The number of carbonyl (C=O) groups is 1. The Labute approximate surface area is 127 Å². The predicted molar refractivity (Wildman–Crippen MR) is 86.9 cm³/mol. The maximum absolute atomic E-state index is 11.9. The largest absolute Gasteiger partial charge is 0.373 e. The van der Waals surface area contributed by atoms with Gasteiger partial charge in [0.2, 0.25) is 5.91 Å². The SMILES string of the molecule is CCCNC(=O)CN(C)c1nc(CCC)nc(NC)c1C. The molecule has 2 N–H and O–H groups in total. The molecule has 1 amide bonds. The molecule has 1 heterocycles. The Hall–Kier alpha value is -1.85. The Morgan fingerprint density at radius 1 is 1.24 bits per heavy atom. The molecule has 6 nitrogen and oxygen atoms in total. The standard InChI is InChI=1S/C15H27N5O/c1-6-8-12-18-14(16-4)11(3)15(19-12)20(5)10-13(21)17-9-7-2/h6-10H2,1-5H3,(H,17,21)(H,16,18,19). The van der Waals surface area contributed by atoms with Crippen LogP contribution in [-0.4, -0.2) is 43.1 Å². The topological polar surface area (TPSA) is 70.2 Å². The van der Waals surface area contributed by atoms with Crippen LogP contribution in [0.15, 0.2) is 0 Å². The highest BCUT2D eigenvalue weighted by Gasteiger charge is 2.15. The van der Waals surface area contributed by atoms with Crippen LogP contribution in [0.3, 0.4) is 0 Å². The summed E-state index contributed by atoms with van der Waals surface area (Å²) in [5.41, 5.74) is 0.961. The molecule has 0 bridgehead atoms. The average Bonchev–Trinajstić information content (AvgIpc) is 2.46. The van der Waals surface area contributed by atoms with Crippen molar-refractivity contribution in [2.24, 2.45) is 0 Å². The van der Waals surface area contributed by atoms with E-state index >= 15 is 0 Å². The Morgan fingerprint density at radius 3 is 2.52 bits per heavy atom. The van der Waals surface area contributed by atoms with Gasteiger partial charge in [-0.2, -0.15) is 0 Å². The Balaban J connectivity index is 2.93. The van der Waals surface area contributed by atoms with Gasteiger partial charge in [-0.25, -0.2) is 9.97 Å². The summed E-state index contributed by atoms with van der Waals surface area (Å²) in [6.45, 7) is 7.11. The zero-order valence-corrected chi connectivity index (χ0v) is 13.8. The number of nitrogens with zero attached hydrogens (tertiary/aromatic N) is 3. The van der Waals surface area contributed by atoms with Gasteiger partial charge in [0.25, 0.3) is 0 Å². The molecule has 0 spiro atoms. The number of aromatic nitrogens is 2. The summed E-state index contributed by atoms with van der Waals surface area (Å²) >= 11 is 0. The third kappa shape index (κ3) is 4.88. The van der Waals surface area contributed by atoms with Gasteiger partial charge in [0, 0.05) is 32.6 Å². The van der Waals surface area contributed by atoms with Crippen molar-refractivity contribution in [2.45, 2.75) is 40.0 Å². The number of anilines is 2. The minimum Gasteiger partial charge on any atom is -0.373 e. The van der Waals surface area contributed by atoms with E-state index in [0.29, 0.717) is 13.1 Å². The van der Waals surface area contributed by atoms with Gasteiger partial charge in [-0.05, 0) is 19.8 Å². The van der Waals surface area contributed by atoms with E-state index in [4.69, 9.17) is 0 Å². The summed E-state index contributed by atoms with van der Waals surface area (Å²) in [5.74, 6) is 2.46. The predicted octanol–water partition coefficient (Wildman–Crippen LogP) is 1.74. The highest BCUT2D eigenvalue weighted by molar-refractivity contribution is 5.81. The van der Waals surface area contributed by atoms with E-state index in [2.05, 4.69) is 27.5 Å². The summed E-state index contributed by atoms with van der Waals surface area (Å²) in [7, 11) is 3.73. The van der Waals surface area contributed by atoms with Crippen LogP contribution in [-0.2, 0) is 11.2 Å². The maximum Gasteiger partial charge on any atom is 0.239 e. The second-order valence-electron chi connectivity index (χ2n) is 5.14. The maximum atomic E-state index is 11.9. The van der Waals surface area contributed by atoms with Crippen molar-refractivity contribution < 1.29 is 4.79 Å². The number of hydrogen-bond acceptors (Lipinski definition) is 5. The van der Waals surface area contributed by atoms with Gasteiger partial charge >= 0.3 is 0 Å². The number of carbonyl (C=O) groups excluding carboxylic acids is 1. The highest BCUT2D eigenvalue weighted by atomic mass is 16.2. The van der Waals surface area contributed by atoms with Gasteiger partial charge in [0.15, 0.2) is 0 Å². The molecule has 0 aromatic carbocycles. The molecule has 0 atom stereocenters. The normalized spacial score (nSPS) is 10.3. The van der Waals surface area contributed by atoms with Crippen LogP contribution >= 0.6 is 0 Å². The van der Waals surface area contributed by atoms with Gasteiger partial charge < -0.3 is 15.5 Å². The smallest absolute Gasteiger partial charge is 0.239 e. The first-order valence-electron chi connectivity index (χ1n) is 7.56. The van der Waals surface area contributed by atoms with E-state index in [-0.39, 0.29) is 5.91 Å². The molecule has 6 heteroatoms. The van der Waals surface area contributed by atoms with E-state index in [1.165, 1.54) is 0 Å². The van der Waals surface area contributed by atoms with Crippen LogP contribution in [0.4, 0.5) is 11.6 Å². The minimum atomic E-state index is 0.0143. The van der Waals surface area contributed by atoms with Gasteiger partial charge in [-0.15, -0.1) is 0 Å². The van der Waals surface area contributed by atoms with Crippen molar-refractivity contribution in [2.75, 3.05) is 37.4 Å². The third-order valence-corrected chi connectivity index (χ3v) is 3.19. The lowest BCUT2D eigenvalue weighted by Gasteiger charge is -2.21. The average molecular weight is 293 g/mol. The van der Waals surface area contributed by atoms with Gasteiger partial charge in [-0.1, -0.05) is 13.8 Å². The second-order valence-corrected chi connectivity index (χ2v) is 5.14. The molecule has 0 aliphatic rings. The molecule has 118 valence electrons. The number of hydrogen-bond donors (Lipinski definition) is 2. The van der Waals surface area contributed by atoms with E-state index in [1.807, 2.05) is 32.8 Å². The van der Waals surface area contributed by atoms with Crippen LogP contribution in [0.5, 0.6) is 0 Å². The Bertz CT molecular complexity index is 475. The van der Waals surface area contributed by atoms with Crippen molar-refractivity contribution in [1.82, 2.24) is 15.3 Å². The number of aryl methyl sites for hydroxylation is 1. The summed E-state index contributed by atoms with van der Waals surface area (Å²) < 4.78 is 0. The van der Waals surface area contributed by atoms with E-state index in [9.17, 15) is 4.79 Å². The fourth-order valence-electron chi connectivity index (χ4n) is 2.11. The fourth-order valence-corrected chi connectivity index (χ4v) is 2.11.